The molecule has 0 aliphatic carbocycles. The van der Waals surface area contributed by atoms with Gasteiger partial charge in [0.25, 0.3) is 0 Å². The summed E-state index contributed by atoms with van der Waals surface area (Å²) in [7, 11) is -3.29. The zero-order chi connectivity index (χ0) is 14.4. The van der Waals surface area contributed by atoms with Crippen molar-refractivity contribution in [2.75, 3.05) is 10.5 Å². The molecule has 20 heavy (non-hydrogen) atoms. The molecule has 0 saturated carbocycles. The van der Waals surface area contributed by atoms with E-state index in [1.165, 1.54) is 0 Å². The van der Waals surface area contributed by atoms with Crippen molar-refractivity contribution in [2.24, 2.45) is 0 Å². The molecule has 2 rings (SSSR count). The third kappa shape index (κ3) is 4.06. The van der Waals surface area contributed by atoms with Gasteiger partial charge >= 0.3 is 0 Å². The molecule has 1 aromatic carbocycles. The molecule has 0 bridgehead atoms. The topological polar surface area (TPSA) is 59.1 Å². The van der Waals surface area contributed by atoms with Crippen LogP contribution in [0, 0.1) is 0 Å². The Balaban J connectivity index is 2.09. The predicted octanol–water partition coefficient (Wildman–Crippen LogP) is 3.29. The van der Waals surface area contributed by atoms with E-state index >= 15 is 0 Å². The highest BCUT2D eigenvalue weighted by molar-refractivity contribution is 7.92. The summed E-state index contributed by atoms with van der Waals surface area (Å²) < 4.78 is 26.0. The van der Waals surface area contributed by atoms with Gasteiger partial charge in [-0.15, -0.1) is 0 Å². The standard InChI is InChI=1S/C15H18N2O2S/c1-2-3-11-20(18,19)17-15-10-9-14(12-16-15)13-7-5-4-6-8-13/h4-10,12H,2-3,11H2,1H3,(H,16,17). The molecule has 2 aromatic rings. The Morgan fingerprint density at radius 1 is 1.05 bits per heavy atom. The largest absolute Gasteiger partial charge is 0.267 e. The second kappa shape index (κ2) is 6.52. The quantitative estimate of drug-likeness (QED) is 0.888. The summed E-state index contributed by atoms with van der Waals surface area (Å²) in [5.41, 5.74) is 2.02. The highest BCUT2D eigenvalue weighted by atomic mass is 32.2. The van der Waals surface area contributed by atoms with Crippen molar-refractivity contribution in [3.8, 4) is 11.1 Å². The number of sulfonamides is 1. The minimum absolute atomic E-state index is 0.131. The van der Waals surface area contributed by atoms with Crippen molar-refractivity contribution < 1.29 is 8.42 Å². The van der Waals surface area contributed by atoms with E-state index in [1.54, 1.807) is 12.3 Å². The van der Waals surface area contributed by atoms with E-state index in [9.17, 15) is 8.42 Å². The van der Waals surface area contributed by atoms with Gasteiger partial charge in [0.2, 0.25) is 10.0 Å². The lowest BCUT2D eigenvalue weighted by Crippen LogP contribution is -2.17. The third-order valence-electron chi connectivity index (χ3n) is 2.90. The average Bonchev–Trinajstić information content (AvgIpc) is 2.46. The summed E-state index contributed by atoms with van der Waals surface area (Å²) in [6.45, 7) is 1.96. The van der Waals surface area contributed by atoms with Crippen LogP contribution in [-0.2, 0) is 10.0 Å². The molecule has 1 aromatic heterocycles. The molecular formula is C15H18N2O2S. The number of benzene rings is 1. The lowest BCUT2D eigenvalue weighted by atomic mass is 10.1. The van der Waals surface area contributed by atoms with E-state index in [4.69, 9.17) is 0 Å². The van der Waals surface area contributed by atoms with E-state index in [0.717, 1.165) is 17.5 Å². The first kappa shape index (κ1) is 14.5. The number of hydrogen-bond donors (Lipinski definition) is 1. The van der Waals surface area contributed by atoms with Crippen LogP contribution in [0.4, 0.5) is 5.82 Å². The Bertz CT molecular complexity index is 637. The number of nitrogens with zero attached hydrogens (tertiary/aromatic N) is 1. The maximum absolute atomic E-state index is 11.8. The Labute approximate surface area is 119 Å². The molecule has 0 unspecified atom stereocenters. The van der Waals surface area contributed by atoms with Gasteiger partial charge in [-0.05, 0) is 24.1 Å². The second-order valence-electron chi connectivity index (χ2n) is 4.57. The normalized spacial score (nSPS) is 11.2. The van der Waals surface area contributed by atoms with Crippen molar-refractivity contribution in [1.29, 1.82) is 0 Å². The number of hydrogen-bond acceptors (Lipinski definition) is 3. The van der Waals surface area contributed by atoms with Crippen LogP contribution in [0.5, 0.6) is 0 Å². The second-order valence-corrected chi connectivity index (χ2v) is 6.41. The van der Waals surface area contributed by atoms with Crippen molar-refractivity contribution in [2.45, 2.75) is 19.8 Å². The van der Waals surface area contributed by atoms with Gasteiger partial charge < -0.3 is 0 Å². The smallest absolute Gasteiger partial charge is 0.233 e. The van der Waals surface area contributed by atoms with Crippen LogP contribution in [0.2, 0.25) is 0 Å². The fourth-order valence-electron chi connectivity index (χ4n) is 1.80. The fourth-order valence-corrected chi connectivity index (χ4v) is 3.01. The fraction of sp³-hybridized carbons (Fsp3) is 0.267. The van der Waals surface area contributed by atoms with Gasteiger partial charge in [-0.3, -0.25) is 4.72 Å². The molecule has 5 heteroatoms. The summed E-state index contributed by atoms with van der Waals surface area (Å²) in [6.07, 6.45) is 3.17. The summed E-state index contributed by atoms with van der Waals surface area (Å²) >= 11 is 0. The van der Waals surface area contributed by atoms with Crippen LogP contribution in [0.15, 0.2) is 48.7 Å². The number of rotatable bonds is 6. The first-order chi connectivity index (χ1) is 9.61. The lowest BCUT2D eigenvalue weighted by molar-refractivity contribution is 0.597. The van der Waals surface area contributed by atoms with Crippen LogP contribution in [0.3, 0.4) is 0 Å². The number of unbranched alkanes of at least 4 members (excludes halogenated alkanes) is 1. The number of nitrogens with one attached hydrogen (secondary N) is 1. The molecule has 0 saturated heterocycles. The molecule has 0 fully saturated rings. The Morgan fingerprint density at radius 2 is 1.80 bits per heavy atom. The highest BCUT2D eigenvalue weighted by Gasteiger charge is 2.10. The Hall–Kier alpha value is -1.88. The first-order valence-electron chi connectivity index (χ1n) is 6.63. The van der Waals surface area contributed by atoms with Crippen LogP contribution >= 0.6 is 0 Å². The molecule has 0 amide bonds. The van der Waals surface area contributed by atoms with Crippen LogP contribution in [0.1, 0.15) is 19.8 Å². The minimum Gasteiger partial charge on any atom is -0.267 e. The van der Waals surface area contributed by atoms with Gasteiger partial charge in [0, 0.05) is 11.8 Å². The maximum Gasteiger partial charge on any atom is 0.233 e. The average molecular weight is 290 g/mol. The maximum atomic E-state index is 11.8. The molecule has 0 aliphatic rings. The number of anilines is 1. The summed E-state index contributed by atoms with van der Waals surface area (Å²) in [5, 5.41) is 0. The molecule has 0 atom stereocenters. The van der Waals surface area contributed by atoms with Gasteiger partial charge in [0.05, 0.1) is 5.75 Å². The zero-order valence-electron chi connectivity index (χ0n) is 11.4. The van der Waals surface area contributed by atoms with Gasteiger partial charge in [-0.1, -0.05) is 43.7 Å². The molecule has 0 aliphatic heterocycles. The molecule has 0 spiro atoms. The third-order valence-corrected chi connectivity index (χ3v) is 4.24. The van der Waals surface area contributed by atoms with Crippen molar-refractivity contribution in [3.63, 3.8) is 0 Å². The Morgan fingerprint density at radius 3 is 2.40 bits per heavy atom. The van der Waals surface area contributed by atoms with Crippen molar-refractivity contribution in [1.82, 2.24) is 4.98 Å². The first-order valence-corrected chi connectivity index (χ1v) is 8.28. The minimum atomic E-state index is -3.29. The van der Waals surface area contributed by atoms with E-state index < -0.39 is 10.0 Å². The van der Waals surface area contributed by atoms with Gasteiger partial charge in [0.1, 0.15) is 5.82 Å². The SMILES string of the molecule is CCCCS(=O)(=O)Nc1ccc(-c2ccccc2)cn1. The number of aromatic nitrogens is 1. The lowest BCUT2D eigenvalue weighted by Gasteiger charge is -2.07. The molecular weight excluding hydrogens is 272 g/mol. The van der Waals surface area contributed by atoms with E-state index in [0.29, 0.717) is 12.2 Å². The van der Waals surface area contributed by atoms with Gasteiger partial charge in [-0.25, -0.2) is 13.4 Å². The molecule has 106 valence electrons. The van der Waals surface area contributed by atoms with Gasteiger partial charge in [0.15, 0.2) is 0 Å². The summed E-state index contributed by atoms with van der Waals surface area (Å²) in [4.78, 5) is 4.16. The molecule has 0 radical (unpaired) electrons. The Kier molecular flexibility index (Phi) is 4.74. The van der Waals surface area contributed by atoms with Crippen molar-refractivity contribution in [3.05, 3.63) is 48.7 Å². The van der Waals surface area contributed by atoms with Crippen LogP contribution < -0.4 is 4.72 Å². The van der Waals surface area contributed by atoms with Crippen molar-refractivity contribution >= 4 is 15.8 Å². The molecule has 1 heterocycles. The predicted molar refractivity (Wildman–Crippen MR) is 82.0 cm³/mol. The monoisotopic (exact) mass is 290 g/mol. The number of pyridine rings is 1. The summed E-state index contributed by atoms with van der Waals surface area (Å²) in [5.74, 6) is 0.492. The van der Waals surface area contributed by atoms with E-state index in [-0.39, 0.29) is 5.75 Å². The van der Waals surface area contributed by atoms with Crippen LogP contribution in [-0.4, -0.2) is 19.2 Å². The highest BCUT2D eigenvalue weighted by Crippen LogP contribution is 2.19. The van der Waals surface area contributed by atoms with Gasteiger partial charge in [-0.2, -0.15) is 0 Å². The van der Waals surface area contributed by atoms with E-state index in [1.807, 2.05) is 43.3 Å². The molecule has 1 N–H and O–H groups in total. The van der Waals surface area contributed by atoms with Crippen LogP contribution in [0.25, 0.3) is 11.1 Å². The molecule has 4 nitrogen and oxygen atoms in total. The zero-order valence-corrected chi connectivity index (χ0v) is 12.2. The van der Waals surface area contributed by atoms with E-state index in [2.05, 4.69) is 9.71 Å². The summed E-state index contributed by atoms with van der Waals surface area (Å²) in [6, 6.07) is 13.4.